The van der Waals surface area contributed by atoms with Gasteiger partial charge in [0, 0.05) is 25.8 Å². The standard InChI is InChI=1S/C12H26N2OS/c1-5-11(10(3)4)14-12(16)13-8-7-9-15-6-2/h10-11H,5-9H2,1-4H3,(H2,13,14,16). The van der Waals surface area contributed by atoms with Crippen molar-refractivity contribution in [3.05, 3.63) is 0 Å². The van der Waals surface area contributed by atoms with E-state index in [4.69, 9.17) is 17.0 Å². The molecule has 0 bridgehead atoms. The highest BCUT2D eigenvalue weighted by atomic mass is 32.1. The third kappa shape index (κ3) is 7.88. The van der Waals surface area contributed by atoms with Crippen molar-refractivity contribution in [1.82, 2.24) is 10.6 Å². The molecule has 1 atom stereocenters. The minimum absolute atomic E-state index is 0.465. The van der Waals surface area contributed by atoms with E-state index < -0.39 is 0 Å². The Hall–Kier alpha value is -0.350. The van der Waals surface area contributed by atoms with Crippen molar-refractivity contribution in [1.29, 1.82) is 0 Å². The first-order chi connectivity index (χ1) is 7.61. The summed E-state index contributed by atoms with van der Waals surface area (Å²) < 4.78 is 5.25. The number of rotatable bonds is 8. The lowest BCUT2D eigenvalue weighted by molar-refractivity contribution is 0.145. The van der Waals surface area contributed by atoms with Gasteiger partial charge in [-0.05, 0) is 37.9 Å². The van der Waals surface area contributed by atoms with E-state index in [1.165, 1.54) is 0 Å². The summed E-state index contributed by atoms with van der Waals surface area (Å²) in [5.74, 6) is 0.605. The molecule has 0 saturated heterocycles. The molecule has 96 valence electrons. The maximum atomic E-state index is 5.25. The summed E-state index contributed by atoms with van der Waals surface area (Å²) in [4.78, 5) is 0. The average Bonchev–Trinajstić information content (AvgIpc) is 2.25. The Morgan fingerprint density at radius 2 is 2.00 bits per heavy atom. The SMILES string of the molecule is CCOCCCNC(=S)NC(CC)C(C)C. The highest BCUT2D eigenvalue weighted by Crippen LogP contribution is 2.04. The van der Waals surface area contributed by atoms with Crippen molar-refractivity contribution in [3.63, 3.8) is 0 Å². The Bertz CT molecular complexity index is 186. The predicted molar refractivity (Wildman–Crippen MR) is 73.8 cm³/mol. The van der Waals surface area contributed by atoms with Gasteiger partial charge in [0.2, 0.25) is 0 Å². The van der Waals surface area contributed by atoms with E-state index in [0.29, 0.717) is 12.0 Å². The van der Waals surface area contributed by atoms with Crippen molar-refractivity contribution in [2.45, 2.75) is 46.6 Å². The highest BCUT2D eigenvalue weighted by molar-refractivity contribution is 7.80. The van der Waals surface area contributed by atoms with Crippen molar-refractivity contribution in [3.8, 4) is 0 Å². The van der Waals surface area contributed by atoms with Crippen LogP contribution in [0.15, 0.2) is 0 Å². The van der Waals surface area contributed by atoms with Gasteiger partial charge in [-0.2, -0.15) is 0 Å². The monoisotopic (exact) mass is 246 g/mol. The largest absolute Gasteiger partial charge is 0.382 e. The van der Waals surface area contributed by atoms with Crippen molar-refractivity contribution >= 4 is 17.3 Å². The van der Waals surface area contributed by atoms with Crippen molar-refractivity contribution in [2.24, 2.45) is 5.92 Å². The highest BCUT2D eigenvalue weighted by Gasteiger charge is 2.11. The summed E-state index contributed by atoms with van der Waals surface area (Å²) in [7, 11) is 0. The molecule has 0 radical (unpaired) electrons. The average molecular weight is 246 g/mol. The molecule has 0 spiro atoms. The summed E-state index contributed by atoms with van der Waals surface area (Å²) >= 11 is 5.23. The predicted octanol–water partition coefficient (Wildman–Crippen LogP) is 2.31. The summed E-state index contributed by atoms with van der Waals surface area (Å²) in [6.07, 6.45) is 2.09. The molecule has 0 aliphatic heterocycles. The van der Waals surface area contributed by atoms with E-state index in [0.717, 1.165) is 37.7 Å². The third-order valence-electron chi connectivity index (χ3n) is 2.52. The molecule has 0 heterocycles. The Labute approximate surface area is 105 Å². The van der Waals surface area contributed by atoms with E-state index in [-0.39, 0.29) is 0 Å². The van der Waals surface area contributed by atoms with Gasteiger partial charge in [0.1, 0.15) is 0 Å². The normalized spacial score (nSPS) is 12.6. The summed E-state index contributed by atoms with van der Waals surface area (Å²) in [5, 5.41) is 7.30. The molecule has 0 aromatic rings. The van der Waals surface area contributed by atoms with Crippen LogP contribution in [0.1, 0.15) is 40.5 Å². The number of hydrogen-bond acceptors (Lipinski definition) is 2. The van der Waals surface area contributed by atoms with Gasteiger partial charge in [0.25, 0.3) is 0 Å². The first kappa shape index (κ1) is 15.7. The minimum Gasteiger partial charge on any atom is -0.382 e. The molecule has 0 rings (SSSR count). The molecule has 4 heteroatoms. The lowest BCUT2D eigenvalue weighted by Crippen LogP contribution is -2.44. The molecule has 2 N–H and O–H groups in total. The van der Waals surface area contributed by atoms with Gasteiger partial charge >= 0.3 is 0 Å². The molecule has 16 heavy (non-hydrogen) atoms. The molecular formula is C12H26N2OS. The van der Waals surface area contributed by atoms with Gasteiger partial charge in [0.05, 0.1) is 0 Å². The van der Waals surface area contributed by atoms with Gasteiger partial charge in [0.15, 0.2) is 5.11 Å². The first-order valence-electron chi connectivity index (χ1n) is 6.23. The summed E-state index contributed by atoms with van der Waals surface area (Å²) in [5.41, 5.74) is 0. The Morgan fingerprint density at radius 3 is 2.50 bits per heavy atom. The molecule has 0 aliphatic carbocycles. The molecule has 0 aromatic carbocycles. The van der Waals surface area contributed by atoms with Gasteiger partial charge in [-0.1, -0.05) is 20.8 Å². The van der Waals surface area contributed by atoms with Crippen LogP contribution in [-0.4, -0.2) is 30.9 Å². The van der Waals surface area contributed by atoms with Crippen LogP contribution in [0, 0.1) is 5.92 Å². The Morgan fingerprint density at radius 1 is 1.31 bits per heavy atom. The number of ether oxygens (including phenoxy) is 1. The van der Waals surface area contributed by atoms with Crippen LogP contribution in [0.2, 0.25) is 0 Å². The van der Waals surface area contributed by atoms with Crippen LogP contribution >= 0.6 is 12.2 Å². The van der Waals surface area contributed by atoms with Crippen molar-refractivity contribution < 1.29 is 4.74 Å². The van der Waals surface area contributed by atoms with Crippen LogP contribution in [0.3, 0.4) is 0 Å². The van der Waals surface area contributed by atoms with Gasteiger partial charge in [-0.15, -0.1) is 0 Å². The van der Waals surface area contributed by atoms with Crippen molar-refractivity contribution in [2.75, 3.05) is 19.8 Å². The molecule has 1 unspecified atom stereocenters. The second-order valence-electron chi connectivity index (χ2n) is 4.21. The molecule has 0 aliphatic rings. The number of nitrogens with one attached hydrogen (secondary N) is 2. The minimum atomic E-state index is 0.465. The zero-order chi connectivity index (χ0) is 12.4. The van der Waals surface area contributed by atoms with Crippen LogP contribution in [0.4, 0.5) is 0 Å². The van der Waals surface area contributed by atoms with Gasteiger partial charge in [-0.25, -0.2) is 0 Å². The fourth-order valence-electron chi connectivity index (χ4n) is 1.48. The first-order valence-corrected chi connectivity index (χ1v) is 6.64. The Balaban J connectivity index is 3.57. The topological polar surface area (TPSA) is 33.3 Å². The molecular weight excluding hydrogens is 220 g/mol. The third-order valence-corrected chi connectivity index (χ3v) is 2.78. The second-order valence-corrected chi connectivity index (χ2v) is 4.62. The summed E-state index contributed by atoms with van der Waals surface area (Å²) in [6, 6.07) is 0.465. The maximum absolute atomic E-state index is 5.25. The number of hydrogen-bond donors (Lipinski definition) is 2. The van der Waals surface area contributed by atoms with Crippen LogP contribution in [-0.2, 0) is 4.74 Å². The zero-order valence-electron chi connectivity index (χ0n) is 11.0. The quantitative estimate of drug-likeness (QED) is 0.509. The second kappa shape index (κ2) is 9.85. The fraction of sp³-hybridized carbons (Fsp3) is 0.917. The van der Waals surface area contributed by atoms with E-state index in [1.807, 2.05) is 6.92 Å². The van der Waals surface area contributed by atoms with E-state index >= 15 is 0 Å². The maximum Gasteiger partial charge on any atom is 0.166 e. The molecule has 0 fully saturated rings. The smallest absolute Gasteiger partial charge is 0.166 e. The zero-order valence-corrected chi connectivity index (χ0v) is 11.8. The molecule has 3 nitrogen and oxygen atoms in total. The van der Waals surface area contributed by atoms with Crippen LogP contribution in [0.5, 0.6) is 0 Å². The molecule has 0 amide bonds. The lowest BCUT2D eigenvalue weighted by Gasteiger charge is -2.22. The van der Waals surface area contributed by atoms with E-state index in [9.17, 15) is 0 Å². The van der Waals surface area contributed by atoms with Gasteiger partial charge < -0.3 is 15.4 Å². The van der Waals surface area contributed by atoms with Crippen LogP contribution in [0.25, 0.3) is 0 Å². The lowest BCUT2D eigenvalue weighted by atomic mass is 10.0. The Kier molecular flexibility index (Phi) is 9.63. The summed E-state index contributed by atoms with van der Waals surface area (Å²) in [6.45, 7) is 11.1. The fourth-order valence-corrected chi connectivity index (χ4v) is 1.73. The van der Waals surface area contributed by atoms with E-state index in [2.05, 4.69) is 31.4 Å². The van der Waals surface area contributed by atoms with Gasteiger partial charge in [-0.3, -0.25) is 0 Å². The molecule has 0 aromatic heterocycles. The van der Waals surface area contributed by atoms with Crippen LogP contribution < -0.4 is 10.6 Å². The molecule has 0 saturated carbocycles. The number of thiocarbonyl (C=S) groups is 1. The van der Waals surface area contributed by atoms with E-state index in [1.54, 1.807) is 0 Å².